The lowest BCUT2D eigenvalue weighted by Gasteiger charge is -2.20. The summed E-state index contributed by atoms with van der Waals surface area (Å²) < 4.78 is 24.7. The molecule has 110 valence electrons. The van der Waals surface area contributed by atoms with Gasteiger partial charge in [-0.3, -0.25) is 9.78 Å². The number of benzene rings is 1. The van der Waals surface area contributed by atoms with E-state index in [2.05, 4.69) is 4.98 Å². The molecule has 1 heterocycles. The van der Waals surface area contributed by atoms with Crippen molar-refractivity contribution in [3.63, 3.8) is 0 Å². The van der Waals surface area contributed by atoms with Gasteiger partial charge >= 0.3 is 0 Å². The van der Waals surface area contributed by atoms with Crippen LogP contribution in [0.25, 0.3) is 0 Å². The second-order valence-electron chi connectivity index (χ2n) is 4.71. The van der Waals surface area contributed by atoms with Gasteiger partial charge in [-0.1, -0.05) is 24.3 Å². The van der Waals surface area contributed by atoms with Crippen molar-refractivity contribution in [2.24, 2.45) is 0 Å². The van der Waals surface area contributed by atoms with Crippen LogP contribution in [0.4, 0.5) is 0 Å². The van der Waals surface area contributed by atoms with Crippen molar-refractivity contribution in [2.75, 3.05) is 6.26 Å². The lowest BCUT2D eigenvalue weighted by molar-refractivity contribution is 0.0854. The molecular weight excluding hydrogens is 288 g/mol. The maximum atomic E-state index is 12.4. The molecule has 0 bridgehead atoms. The highest BCUT2D eigenvalue weighted by molar-refractivity contribution is 7.88. The first-order chi connectivity index (χ1) is 9.88. The molecule has 0 saturated carbocycles. The van der Waals surface area contributed by atoms with Crippen molar-refractivity contribution in [1.29, 1.82) is 0 Å². The molecule has 2 aromatic rings. The van der Waals surface area contributed by atoms with E-state index in [1.165, 1.54) is 0 Å². The molecule has 21 heavy (non-hydrogen) atoms. The minimum atomic E-state index is -3.68. The largest absolute Gasteiger partial charge is 0.268 e. The summed E-state index contributed by atoms with van der Waals surface area (Å²) in [6.45, 7) is 1.74. The molecule has 1 amide bonds. The number of aromatic nitrogens is 1. The van der Waals surface area contributed by atoms with E-state index >= 15 is 0 Å². The van der Waals surface area contributed by atoms with Gasteiger partial charge in [0.2, 0.25) is 10.0 Å². The number of pyridine rings is 1. The smallest absolute Gasteiger partial charge is 0.267 e. The lowest BCUT2D eigenvalue weighted by Crippen LogP contribution is -2.35. The lowest BCUT2D eigenvalue weighted by atomic mass is 10.2. The van der Waals surface area contributed by atoms with Gasteiger partial charge in [0.05, 0.1) is 18.5 Å². The average Bonchev–Trinajstić information content (AvgIpc) is 2.44. The normalized spacial score (nSPS) is 11.1. The fourth-order valence-electron chi connectivity index (χ4n) is 1.90. The van der Waals surface area contributed by atoms with Crippen molar-refractivity contribution in [3.8, 4) is 0 Å². The number of sulfonamides is 1. The van der Waals surface area contributed by atoms with Gasteiger partial charge in [0, 0.05) is 11.3 Å². The number of hydrogen-bond donors (Lipinski definition) is 0. The van der Waals surface area contributed by atoms with Crippen LogP contribution >= 0.6 is 0 Å². The Balaban J connectivity index is 2.34. The van der Waals surface area contributed by atoms with Gasteiger partial charge in [-0.05, 0) is 31.2 Å². The Bertz CT molecular complexity index is 743. The van der Waals surface area contributed by atoms with E-state index < -0.39 is 15.9 Å². The van der Waals surface area contributed by atoms with E-state index in [0.717, 1.165) is 16.3 Å². The van der Waals surface area contributed by atoms with Crippen molar-refractivity contribution in [1.82, 2.24) is 9.29 Å². The topological polar surface area (TPSA) is 67.3 Å². The van der Waals surface area contributed by atoms with E-state index in [1.807, 2.05) is 13.0 Å². The summed E-state index contributed by atoms with van der Waals surface area (Å²) in [5.41, 5.74) is 1.63. The molecule has 0 spiro atoms. The van der Waals surface area contributed by atoms with E-state index in [0.29, 0.717) is 11.3 Å². The van der Waals surface area contributed by atoms with E-state index in [4.69, 9.17) is 0 Å². The summed E-state index contributed by atoms with van der Waals surface area (Å²) in [5, 5.41) is 0. The summed E-state index contributed by atoms with van der Waals surface area (Å²) in [5.74, 6) is -0.554. The van der Waals surface area contributed by atoms with Gasteiger partial charge in [0.15, 0.2) is 0 Å². The Kier molecular flexibility index (Phi) is 4.37. The van der Waals surface area contributed by atoms with Gasteiger partial charge in [0.25, 0.3) is 5.91 Å². The van der Waals surface area contributed by atoms with Gasteiger partial charge in [-0.2, -0.15) is 0 Å². The molecular formula is C15H16N2O3S. The highest BCUT2D eigenvalue weighted by Crippen LogP contribution is 2.12. The van der Waals surface area contributed by atoms with E-state index in [1.54, 1.807) is 42.5 Å². The van der Waals surface area contributed by atoms with Gasteiger partial charge in [-0.25, -0.2) is 12.7 Å². The minimum absolute atomic E-state index is 0.0752. The van der Waals surface area contributed by atoms with Crippen LogP contribution in [0.1, 0.15) is 21.7 Å². The third kappa shape index (κ3) is 3.88. The van der Waals surface area contributed by atoms with Crippen molar-refractivity contribution in [3.05, 3.63) is 65.5 Å². The molecule has 0 atom stereocenters. The molecule has 2 rings (SSSR count). The standard InChI is InChI=1S/C15H16N2O3S/c1-12-7-6-10-14(16-12)11-17(21(2,19)20)15(18)13-8-4-3-5-9-13/h3-10H,11H2,1-2H3. The predicted octanol–water partition coefficient (Wildman–Crippen LogP) is 1.99. The second-order valence-corrected chi connectivity index (χ2v) is 6.62. The van der Waals surface area contributed by atoms with Gasteiger partial charge in [0.1, 0.15) is 0 Å². The zero-order valence-corrected chi connectivity index (χ0v) is 12.7. The van der Waals surface area contributed by atoms with Crippen LogP contribution in [-0.2, 0) is 16.6 Å². The third-order valence-electron chi connectivity index (χ3n) is 2.90. The highest BCUT2D eigenvalue weighted by Gasteiger charge is 2.25. The van der Waals surface area contributed by atoms with Crippen LogP contribution in [0.15, 0.2) is 48.5 Å². The molecule has 0 aliphatic carbocycles. The monoisotopic (exact) mass is 304 g/mol. The van der Waals surface area contributed by atoms with Gasteiger partial charge in [-0.15, -0.1) is 0 Å². The highest BCUT2D eigenvalue weighted by atomic mass is 32.2. The number of nitrogens with zero attached hydrogens (tertiary/aromatic N) is 2. The van der Waals surface area contributed by atoms with Crippen LogP contribution in [0.2, 0.25) is 0 Å². The molecule has 0 radical (unpaired) electrons. The van der Waals surface area contributed by atoms with E-state index in [-0.39, 0.29) is 6.54 Å². The van der Waals surface area contributed by atoms with Crippen molar-refractivity contribution in [2.45, 2.75) is 13.5 Å². The molecule has 1 aromatic carbocycles. The first-order valence-electron chi connectivity index (χ1n) is 6.37. The Labute approximate surface area is 124 Å². The van der Waals surface area contributed by atoms with Crippen LogP contribution in [-0.4, -0.2) is 29.9 Å². The molecule has 0 saturated heterocycles. The Morgan fingerprint density at radius 2 is 1.76 bits per heavy atom. The number of hydrogen-bond acceptors (Lipinski definition) is 4. The summed E-state index contributed by atoms with van der Waals surface area (Å²) >= 11 is 0. The van der Waals surface area contributed by atoms with E-state index in [9.17, 15) is 13.2 Å². The minimum Gasteiger partial charge on any atom is -0.268 e. The molecule has 0 aliphatic rings. The molecule has 0 aliphatic heterocycles. The summed E-state index contributed by atoms with van der Waals surface area (Å²) in [4.78, 5) is 16.6. The first kappa shape index (κ1) is 15.2. The number of rotatable bonds is 4. The quantitative estimate of drug-likeness (QED) is 0.866. The second kappa shape index (κ2) is 6.05. The molecule has 0 N–H and O–H groups in total. The SMILES string of the molecule is Cc1cccc(CN(C(=O)c2ccccc2)S(C)(=O)=O)n1. The Morgan fingerprint density at radius 1 is 1.10 bits per heavy atom. The molecule has 0 fully saturated rings. The maximum Gasteiger partial charge on any atom is 0.267 e. The summed E-state index contributed by atoms with van der Waals surface area (Å²) in [7, 11) is -3.68. The zero-order chi connectivity index (χ0) is 15.5. The predicted molar refractivity (Wildman–Crippen MR) is 80.1 cm³/mol. The molecule has 1 aromatic heterocycles. The summed E-state index contributed by atoms with van der Waals surface area (Å²) in [6, 6.07) is 13.6. The number of amides is 1. The number of carbonyl (C=O) groups excluding carboxylic acids is 1. The van der Waals surface area contributed by atoms with Gasteiger partial charge < -0.3 is 0 Å². The van der Waals surface area contributed by atoms with Crippen molar-refractivity contribution < 1.29 is 13.2 Å². The zero-order valence-electron chi connectivity index (χ0n) is 11.9. The third-order valence-corrected chi connectivity index (χ3v) is 3.99. The number of aryl methyl sites for hydroxylation is 1. The fourth-order valence-corrected chi connectivity index (χ4v) is 2.67. The molecule has 6 heteroatoms. The Hall–Kier alpha value is -2.21. The number of carbonyl (C=O) groups is 1. The maximum absolute atomic E-state index is 12.4. The molecule has 0 unspecified atom stereocenters. The van der Waals surface area contributed by atoms with Crippen LogP contribution in [0.3, 0.4) is 0 Å². The summed E-state index contributed by atoms with van der Waals surface area (Å²) in [6.07, 6.45) is 1.02. The van der Waals surface area contributed by atoms with Crippen molar-refractivity contribution >= 4 is 15.9 Å². The Morgan fingerprint density at radius 3 is 2.33 bits per heavy atom. The fraction of sp³-hybridized carbons (Fsp3) is 0.200. The van der Waals surface area contributed by atoms with Crippen LogP contribution in [0, 0.1) is 6.92 Å². The molecule has 5 nitrogen and oxygen atoms in total. The van der Waals surface area contributed by atoms with Crippen LogP contribution in [0.5, 0.6) is 0 Å². The van der Waals surface area contributed by atoms with Crippen LogP contribution < -0.4 is 0 Å². The first-order valence-corrected chi connectivity index (χ1v) is 8.22. The average molecular weight is 304 g/mol.